The summed E-state index contributed by atoms with van der Waals surface area (Å²) in [5.41, 5.74) is 3.85. The van der Waals surface area contributed by atoms with Crippen LogP contribution in [0.15, 0.2) is 42.5 Å². The summed E-state index contributed by atoms with van der Waals surface area (Å²) >= 11 is 6.07. The van der Waals surface area contributed by atoms with Crippen LogP contribution in [0.4, 0.5) is 0 Å². The van der Waals surface area contributed by atoms with E-state index in [0.29, 0.717) is 29.6 Å². The number of nitrogens with one attached hydrogen (secondary N) is 1. The van der Waals surface area contributed by atoms with E-state index in [-0.39, 0.29) is 17.7 Å². The number of hydrogen-bond donors (Lipinski definition) is 2. The van der Waals surface area contributed by atoms with E-state index < -0.39 is 0 Å². The second-order valence-electron chi connectivity index (χ2n) is 7.64. The summed E-state index contributed by atoms with van der Waals surface area (Å²) < 4.78 is 5.60. The van der Waals surface area contributed by atoms with Crippen LogP contribution in [0.5, 0.6) is 11.5 Å². The first-order valence-corrected chi connectivity index (χ1v) is 11.0. The number of carbonyl (C=O) groups is 1. The van der Waals surface area contributed by atoms with E-state index >= 15 is 0 Å². The zero-order valence-corrected chi connectivity index (χ0v) is 18.4. The number of carbonyl (C=O) groups excluding carboxylic acids is 1. The molecule has 31 heavy (non-hydrogen) atoms. The number of H-pyrrole nitrogens is 1. The summed E-state index contributed by atoms with van der Waals surface area (Å²) in [7, 11) is 0. The normalized spacial score (nSPS) is 15.4. The molecule has 2 aromatic carbocycles. The van der Waals surface area contributed by atoms with Crippen LogP contribution in [0.1, 0.15) is 60.8 Å². The lowest BCUT2D eigenvalue weighted by Gasteiger charge is -2.27. The number of ether oxygens (including phenoxy) is 1. The first-order valence-electron chi connectivity index (χ1n) is 10.7. The van der Waals surface area contributed by atoms with Gasteiger partial charge in [-0.2, -0.15) is 5.10 Å². The molecular weight excluding hydrogens is 414 g/mol. The van der Waals surface area contributed by atoms with Gasteiger partial charge in [-0.05, 0) is 43.2 Å². The molecule has 162 valence electrons. The Morgan fingerprint density at radius 1 is 1.16 bits per heavy atom. The number of unbranched alkanes of at least 4 members (excludes halogenated alkanes) is 2. The number of amides is 1. The fourth-order valence-electron chi connectivity index (χ4n) is 4.11. The van der Waals surface area contributed by atoms with Gasteiger partial charge in [-0.25, -0.2) is 0 Å². The molecule has 1 atom stereocenters. The summed E-state index contributed by atoms with van der Waals surface area (Å²) in [6, 6.07) is 12.4. The van der Waals surface area contributed by atoms with Crippen LogP contribution in [-0.2, 0) is 0 Å². The number of nitrogens with zero attached hydrogens (tertiary/aromatic N) is 2. The first-order chi connectivity index (χ1) is 15.0. The molecule has 2 heterocycles. The third kappa shape index (κ3) is 4.00. The topological polar surface area (TPSA) is 78.5 Å². The highest BCUT2D eigenvalue weighted by Gasteiger charge is 2.42. The standard InChI is InChI=1S/C24H26ClN3O3/c1-3-5-6-13-28-23(16-9-12-18(29)19(14-16)31-4-2)20-21(26-27-22(20)24(28)30)15-7-10-17(25)11-8-15/h7-12,14,23,29H,3-6,13H2,1-2H3,(H,26,27). The SMILES string of the molecule is CCCCCN1C(=O)c2[nH]nc(-c3ccc(Cl)cc3)c2C1c1ccc(O)c(OCC)c1. The number of aromatic amines is 1. The van der Waals surface area contributed by atoms with Crippen LogP contribution in [0.3, 0.4) is 0 Å². The van der Waals surface area contributed by atoms with Gasteiger partial charge in [0.25, 0.3) is 5.91 Å². The van der Waals surface area contributed by atoms with E-state index in [9.17, 15) is 9.90 Å². The zero-order chi connectivity index (χ0) is 22.0. The van der Waals surface area contributed by atoms with Gasteiger partial charge in [0, 0.05) is 22.7 Å². The summed E-state index contributed by atoms with van der Waals surface area (Å²) in [6.45, 7) is 5.09. The largest absolute Gasteiger partial charge is 0.504 e. The molecule has 3 aromatic rings. The van der Waals surface area contributed by atoms with Crippen molar-refractivity contribution in [1.29, 1.82) is 0 Å². The molecule has 2 N–H and O–H groups in total. The van der Waals surface area contributed by atoms with Crippen molar-refractivity contribution in [2.24, 2.45) is 0 Å². The van der Waals surface area contributed by atoms with Crippen LogP contribution in [-0.4, -0.2) is 39.3 Å². The highest BCUT2D eigenvalue weighted by Crippen LogP contribution is 2.44. The van der Waals surface area contributed by atoms with Gasteiger partial charge in [-0.1, -0.05) is 49.6 Å². The van der Waals surface area contributed by atoms with Gasteiger partial charge in [-0.3, -0.25) is 9.89 Å². The number of phenols is 1. The average Bonchev–Trinajstić information content (AvgIpc) is 3.30. The lowest BCUT2D eigenvalue weighted by atomic mass is 9.95. The number of fused-ring (bicyclic) bond motifs is 1. The minimum absolute atomic E-state index is 0.0603. The number of benzene rings is 2. The molecule has 7 heteroatoms. The van der Waals surface area contributed by atoms with E-state index in [4.69, 9.17) is 16.3 Å². The molecule has 0 saturated carbocycles. The Balaban J connectivity index is 1.82. The molecule has 0 spiro atoms. The molecule has 1 aliphatic heterocycles. The van der Waals surface area contributed by atoms with Crippen molar-refractivity contribution in [3.8, 4) is 22.8 Å². The summed E-state index contributed by atoms with van der Waals surface area (Å²) in [6.07, 6.45) is 3.04. The maximum Gasteiger partial charge on any atom is 0.273 e. The Kier molecular flexibility index (Phi) is 6.18. The molecule has 0 aliphatic carbocycles. The fourth-order valence-corrected chi connectivity index (χ4v) is 4.23. The van der Waals surface area contributed by atoms with E-state index in [0.717, 1.165) is 41.6 Å². The Labute approximate surface area is 186 Å². The molecule has 0 saturated heterocycles. The maximum absolute atomic E-state index is 13.3. The van der Waals surface area contributed by atoms with Crippen molar-refractivity contribution in [3.63, 3.8) is 0 Å². The average molecular weight is 440 g/mol. The van der Waals surface area contributed by atoms with Gasteiger partial charge in [0.1, 0.15) is 5.69 Å². The smallest absolute Gasteiger partial charge is 0.273 e. The van der Waals surface area contributed by atoms with Crippen molar-refractivity contribution in [3.05, 3.63) is 64.3 Å². The van der Waals surface area contributed by atoms with E-state index in [1.165, 1.54) is 0 Å². The van der Waals surface area contributed by atoms with Gasteiger partial charge in [0.05, 0.1) is 18.3 Å². The predicted molar refractivity (Wildman–Crippen MR) is 121 cm³/mol. The van der Waals surface area contributed by atoms with Crippen LogP contribution >= 0.6 is 11.6 Å². The lowest BCUT2D eigenvalue weighted by Crippen LogP contribution is -2.30. The van der Waals surface area contributed by atoms with Gasteiger partial charge in [-0.15, -0.1) is 0 Å². The van der Waals surface area contributed by atoms with Gasteiger partial charge >= 0.3 is 0 Å². The number of aromatic hydroxyl groups is 1. The summed E-state index contributed by atoms with van der Waals surface area (Å²) in [5, 5.41) is 18.3. The Morgan fingerprint density at radius 3 is 2.65 bits per heavy atom. The summed E-state index contributed by atoms with van der Waals surface area (Å²) in [4.78, 5) is 15.2. The van der Waals surface area contributed by atoms with E-state index in [1.807, 2.05) is 48.2 Å². The third-order valence-electron chi connectivity index (χ3n) is 5.58. The Hall–Kier alpha value is -2.99. The van der Waals surface area contributed by atoms with Crippen molar-refractivity contribution in [2.45, 2.75) is 39.2 Å². The van der Waals surface area contributed by atoms with Crippen molar-refractivity contribution in [2.75, 3.05) is 13.2 Å². The molecular formula is C24H26ClN3O3. The molecule has 6 nitrogen and oxygen atoms in total. The molecule has 0 fully saturated rings. The third-order valence-corrected chi connectivity index (χ3v) is 5.84. The highest BCUT2D eigenvalue weighted by atomic mass is 35.5. The molecule has 0 radical (unpaired) electrons. The molecule has 1 aliphatic rings. The van der Waals surface area contributed by atoms with Crippen LogP contribution < -0.4 is 4.74 Å². The van der Waals surface area contributed by atoms with Crippen LogP contribution in [0.25, 0.3) is 11.3 Å². The predicted octanol–water partition coefficient (Wildman–Crippen LogP) is 5.57. The zero-order valence-electron chi connectivity index (χ0n) is 17.7. The maximum atomic E-state index is 13.3. The second-order valence-corrected chi connectivity index (χ2v) is 8.07. The quantitative estimate of drug-likeness (QED) is 0.450. The van der Waals surface area contributed by atoms with Crippen molar-refractivity contribution >= 4 is 17.5 Å². The van der Waals surface area contributed by atoms with Crippen LogP contribution in [0, 0.1) is 0 Å². The van der Waals surface area contributed by atoms with Gasteiger partial charge in [0.2, 0.25) is 0 Å². The lowest BCUT2D eigenvalue weighted by molar-refractivity contribution is 0.0740. The molecule has 1 amide bonds. The number of halogens is 1. The van der Waals surface area contributed by atoms with E-state index in [2.05, 4.69) is 17.1 Å². The van der Waals surface area contributed by atoms with Gasteiger partial charge in [0.15, 0.2) is 11.5 Å². The monoisotopic (exact) mass is 439 g/mol. The number of aromatic nitrogens is 2. The van der Waals surface area contributed by atoms with Crippen LogP contribution in [0.2, 0.25) is 5.02 Å². The van der Waals surface area contributed by atoms with E-state index in [1.54, 1.807) is 6.07 Å². The highest BCUT2D eigenvalue weighted by molar-refractivity contribution is 6.30. The first kappa shape index (κ1) is 21.2. The molecule has 0 bridgehead atoms. The number of rotatable bonds is 8. The van der Waals surface area contributed by atoms with Gasteiger partial charge < -0.3 is 14.7 Å². The Bertz CT molecular complexity index is 1080. The molecule has 4 rings (SSSR count). The fraction of sp³-hybridized carbons (Fsp3) is 0.333. The van der Waals surface area contributed by atoms with Crippen molar-refractivity contribution in [1.82, 2.24) is 15.1 Å². The minimum atomic E-state index is -0.316. The van der Waals surface area contributed by atoms with Crippen molar-refractivity contribution < 1.29 is 14.6 Å². The summed E-state index contributed by atoms with van der Waals surface area (Å²) in [5.74, 6) is 0.429. The Morgan fingerprint density at radius 2 is 1.94 bits per heavy atom. The minimum Gasteiger partial charge on any atom is -0.504 e. The molecule has 1 unspecified atom stereocenters. The number of phenolic OH excluding ortho intramolecular Hbond substituents is 1. The molecule has 1 aromatic heterocycles. The second kappa shape index (κ2) is 9.02. The number of hydrogen-bond acceptors (Lipinski definition) is 4.